The largest absolute Gasteiger partial charge is 0.393 e. The van der Waals surface area contributed by atoms with Gasteiger partial charge in [0.15, 0.2) is 0 Å². The topological polar surface area (TPSA) is 46.2 Å². The molecule has 10 heavy (non-hydrogen) atoms. The SMILES string of the molecule is CC(C)(C)C(O)CCCN. The minimum Gasteiger partial charge on any atom is -0.393 e. The first-order chi connectivity index (χ1) is 4.48. The summed E-state index contributed by atoms with van der Waals surface area (Å²) in [4.78, 5) is 0. The van der Waals surface area contributed by atoms with E-state index in [0.29, 0.717) is 6.54 Å². The molecule has 0 aromatic carbocycles. The average molecular weight is 145 g/mol. The van der Waals surface area contributed by atoms with Crippen LogP contribution >= 0.6 is 0 Å². The number of hydrogen-bond acceptors (Lipinski definition) is 2. The average Bonchev–Trinajstić information content (AvgIpc) is 1.80. The summed E-state index contributed by atoms with van der Waals surface area (Å²) in [6, 6.07) is 0. The van der Waals surface area contributed by atoms with E-state index in [2.05, 4.69) is 0 Å². The fourth-order valence-electron chi connectivity index (χ4n) is 0.744. The van der Waals surface area contributed by atoms with Gasteiger partial charge in [-0.1, -0.05) is 20.8 Å². The van der Waals surface area contributed by atoms with E-state index >= 15 is 0 Å². The third kappa shape index (κ3) is 3.85. The lowest BCUT2D eigenvalue weighted by atomic mass is 9.86. The molecule has 0 aromatic heterocycles. The van der Waals surface area contributed by atoms with Gasteiger partial charge in [0.05, 0.1) is 6.10 Å². The quantitative estimate of drug-likeness (QED) is 0.625. The molecule has 1 atom stereocenters. The predicted octanol–water partition coefficient (Wildman–Crippen LogP) is 1.13. The standard InChI is InChI=1S/C8H19NO/c1-8(2,3)7(10)5-4-6-9/h7,10H,4-6,9H2,1-3H3. The van der Waals surface area contributed by atoms with Crippen molar-refractivity contribution < 1.29 is 5.11 Å². The Morgan fingerprint density at radius 3 is 2.20 bits per heavy atom. The summed E-state index contributed by atoms with van der Waals surface area (Å²) >= 11 is 0. The Labute approximate surface area is 63.4 Å². The van der Waals surface area contributed by atoms with Crippen LogP contribution in [0, 0.1) is 5.41 Å². The smallest absolute Gasteiger partial charge is 0.0589 e. The van der Waals surface area contributed by atoms with Crippen LogP contribution in [0.4, 0.5) is 0 Å². The summed E-state index contributed by atoms with van der Waals surface area (Å²) < 4.78 is 0. The summed E-state index contributed by atoms with van der Waals surface area (Å²) in [5.74, 6) is 0. The summed E-state index contributed by atoms with van der Waals surface area (Å²) in [5.41, 5.74) is 5.32. The zero-order valence-electron chi connectivity index (χ0n) is 7.22. The van der Waals surface area contributed by atoms with Gasteiger partial charge in [-0.05, 0) is 24.8 Å². The van der Waals surface area contributed by atoms with Crippen molar-refractivity contribution in [2.24, 2.45) is 11.1 Å². The molecule has 0 fully saturated rings. The second kappa shape index (κ2) is 3.94. The van der Waals surface area contributed by atoms with Crippen LogP contribution in [0.15, 0.2) is 0 Å². The lowest BCUT2D eigenvalue weighted by Gasteiger charge is -2.25. The highest BCUT2D eigenvalue weighted by atomic mass is 16.3. The molecular formula is C8H19NO. The van der Waals surface area contributed by atoms with Gasteiger partial charge in [-0.2, -0.15) is 0 Å². The molecule has 0 spiro atoms. The minimum absolute atomic E-state index is 0.00910. The lowest BCUT2D eigenvalue weighted by molar-refractivity contribution is 0.0545. The summed E-state index contributed by atoms with van der Waals surface area (Å²) in [7, 11) is 0. The normalized spacial score (nSPS) is 15.3. The minimum atomic E-state index is -0.212. The van der Waals surface area contributed by atoms with Gasteiger partial charge in [-0.15, -0.1) is 0 Å². The van der Waals surface area contributed by atoms with E-state index < -0.39 is 0 Å². The molecule has 0 heterocycles. The van der Waals surface area contributed by atoms with E-state index in [0.717, 1.165) is 12.8 Å². The molecule has 0 saturated heterocycles. The Kier molecular flexibility index (Phi) is 3.91. The van der Waals surface area contributed by atoms with Gasteiger partial charge >= 0.3 is 0 Å². The van der Waals surface area contributed by atoms with Crippen LogP contribution in [0.5, 0.6) is 0 Å². The third-order valence-electron chi connectivity index (χ3n) is 1.68. The zero-order valence-corrected chi connectivity index (χ0v) is 7.22. The maximum absolute atomic E-state index is 9.46. The molecule has 0 aliphatic rings. The van der Waals surface area contributed by atoms with E-state index in [1.165, 1.54) is 0 Å². The molecule has 3 N–H and O–H groups in total. The molecule has 0 aliphatic heterocycles. The monoisotopic (exact) mass is 145 g/mol. The fraction of sp³-hybridized carbons (Fsp3) is 1.00. The highest BCUT2D eigenvalue weighted by molar-refractivity contribution is 4.72. The van der Waals surface area contributed by atoms with Crippen LogP contribution in [0.3, 0.4) is 0 Å². The lowest BCUT2D eigenvalue weighted by Crippen LogP contribution is -2.26. The highest BCUT2D eigenvalue weighted by Gasteiger charge is 2.20. The Bertz CT molecular complexity index is 85.7. The van der Waals surface area contributed by atoms with Crippen molar-refractivity contribution in [3.8, 4) is 0 Å². The van der Waals surface area contributed by atoms with Gasteiger partial charge in [0, 0.05) is 0 Å². The molecule has 2 nitrogen and oxygen atoms in total. The Balaban J connectivity index is 3.52. The van der Waals surface area contributed by atoms with Crippen LogP contribution in [-0.2, 0) is 0 Å². The Morgan fingerprint density at radius 1 is 1.40 bits per heavy atom. The fourth-order valence-corrected chi connectivity index (χ4v) is 0.744. The molecule has 1 unspecified atom stereocenters. The first-order valence-corrected chi connectivity index (χ1v) is 3.86. The van der Waals surface area contributed by atoms with Crippen LogP contribution in [-0.4, -0.2) is 17.8 Å². The van der Waals surface area contributed by atoms with Crippen LogP contribution in [0.1, 0.15) is 33.6 Å². The summed E-state index contributed by atoms with van der Waals surface area (Å²) in [5, 5.41) is 9.46. The van der Waals surface area contributed by atoms with E-state index in [1.807, 2.05) is 20.8 Å². The van der Waals surface area contributed by atoms with Gasteiger partial charge in [0.1, 0.15) is 0 Å². The van der Waals surface area contributed by atoms with E-state index in [9.17, 15) is 5.11 Å². The van der Waals surface area contributed by atoms with E-state index in [1.54, 1.807) is 0 Å². The van der Waals surface area contributed by atoms with Crippen molar-refractivity contribution in [3.05, 3.63) is 0 Å². The van der Waals surface area contributed by atoms with E-state index in [4.69, 9.17) is 5.73 Å². The number of rotatable bonds is 3. The molecule has 2 heteroatoms. The van der Waals surface area contributed by atoms with Gasteiger partial charge < -0.3 is 10.8 Å². The maximum Gasteiger partial charge on any atom is 0.0589 e. The predicted molar refractivity (Wildman–Crippen MR) is 43.8 cm³/mol. The molecule has 0 aromatic rings. The summed E-state index contributed by atoms with van der Waals surface area (Å²) in [6.07, 6.45) is 1.52. The first-order valence-electron chi connectivity index (χ1n) is 3.86. The van der Waals surface area contributed by atoms with Gasteiger partial charge in [0.25, 0.3) is 0 Å². The molecule has 62 valence electrons. The van der Waals surface area contributed by atoms with Crippen LogP contribution < -0.4 is 5.73 Å². The molecule has 0 rings (SSSR count). The molecule has 0 bridgehead atoms. The molecule has 0 amide bonds. The maximum atomic E-state index is 9.46. The molecule has 0 aliphatic carbocycles. The van der Waals surface area contributed by atoms with Crippen LogP contribution in [0.2, 0.25) is 0 Å². The van der Waals surface area contributed by atoms with E-state index in [-0.39, 0.29) is 11.5 Å². The van der Waals surface area contributed by atoms with Crippen molar-refractivity contribution in [3.63, 3.8) is 0 Å². The molecule has 0 saturated carbocycles. The number of nitrogens with two attached hydrogens (primary N) is 1. The van der Waals surface area contributed by atoms with Crippen molar-refractivity contribution in [1.29, 1.82) is 0 Å². The Hall–Kier alpha value is -0.0800. The second-order valence-electron chi connectivity index (χ2n) is 3.81. The molecule has 0 radical (unpaired) electrons. The van der Waals surface area contributed by atoms with Crippen molar-refractivity contribution in [2.75, 3.05) is 6.54 Å². The van der Waals surface area contributed by atoms with Crippen LogP contribution in [0.25, 0.3) is 0 Å². The number of hydrogen-bond donors (Lipinski definition) is 2. The summed E-state index contributed by atoms with van der Waals surface area (Å²) in [6.45, 7) is 6.78. The van der Waals surface area contributed by atoms with Crippen molar-refractivity contribution in [1.82, 2.24) is 0 Å². The van der Waals surface area contributed by atoms with Crippen molar-refractivity contribution in [2.45, 2.75) is 39.7 Å². The first kappa shape index (κ1) is 9.92. The highest BCUT2D eigenvalue weighted by Crippen LogP contribution is 2.21. The van der Waals surface area contributed by atoms with Crippen molar-refractivity contribution >= 4 is 0 Å². The number of aliphatic hydroxyl groups excluding tert-OH is 1. The Morgan fingerprint density at radius 2 is 1.90 bits per heavy atom. The zero-order chi connectivity index (χ0) is 8.20. The second-order valence-corrected chi connectivity index (χ2v) is 3.81. The van der Waals surface area contributed by atoms with Gasteiger partial charge in [0.2, 0.25) is 0 Å². The van der Waals surface area contributed by atoms with Gasteiger partial charge in [-0.3, -0.25) is 0 Å². The molecular weight excluding hydrogens is 126 g/mol. The van der Waals surface area contributed by atoms with Gasteiger partial charge in [-0.25, -0.2) is 0 Å². The third-order valence-corrected chi connectivity index (χ3v) is 1.68. The number of aliphatic hydroxyl groups is 1.